The number of amides is 3. The van der Waals surface area contributed by atoms with Crippen molar-refractivity contribution in [2.75, 3.05) is 24.7 Å². The molecule has 2 N–H and O–H groups in total. The van der Waals surface area contributed by atoms with Crippen molar-refractivity contribution >= 4 is 36.1 Å². The zero-order chi connectivity index (χ0) is 13.5. The van der Waals surface area contributed by atoms with Crippen LogP contribution >= 0.6 is 11.8 Å². The van der Waals surface area contributed by atoms with E-state index >= 15 is 0 Å². The SMILES string of the molecule is O=CNC(CSCC(=O)N1CCOC1=O)C(=O)O. The molecule has 0 saturated carbocycles. The van der Waals surface area contributed by atoms with Crippen LogP contribution in [0.1, 0.15) is 0 Å². The number of cyclic esters (lactones) is 1. The van der Waals surface area contributed by atoms with Crippen molar-refractivity contribution in [2.24, 2.45) is 0 Å². The van der Waals surface area contributed by atoms with Gasteiger partial charge < -0.3 is 15.2 Å². The van der Waals surface area contributed by atoms with Gasteiger partial charge in [0.05, 0.1) is 12.3 Å². The van der Waals surface area contributed by atoms with Crippen LogP contribution in [-0.4, -0.2) is 65.1 Å². The van der Waals surface area contributed by atoms with Gasteiger partial charge in [0, 0.05) is 5.75 Å². The Hall–Kier alpha value is -1.77. The quantitative estimate of drug-likeness (QED) is 0.567. The number of hydrogen-bond donors (Lipinski definition) is 2. The molecule has 0 aromatic heterocycles. The lowest BCUT2D eigenvalue weighted by Crippen LogP contribution is -2.39. The lowest BCUT2D eigenvalue weighted by atomic mass is 10.3. The van der Waals surface area contributed by atoms with Gasteiger partial charge in [0.25, 0.3) is 0 Å². The number of carbonyl (C=O) groups excluding carboxylic acids is 3. The highest BCUT2D eigenvalue weighted by molar-refractivity contribution is 8.00. The summed E-state index contributed by atoms with van der Waals surface area (Å²) >= 11 is 1.03. The maximum Gasteiger partial charge on any atom is 0.416 e. The van der Waals surface area contributed by atoms with E-state index in [1.165, 1.54) is 0 Å². The molecule has 0 radical (unpaired) electrons. The maximum atomic E-state index is 11.5. The molecule has 8 nitrogen and oxygen atoms in total. The summed E-state index contributed by atoms with van der Waals surface area (Å²) in [5.74, 6) is -1.61. The molecule has 1 fully saturated rings. The van der Waals surface area contributed by atoms with Crippen LogP contribution in [0.5, 0.6) is 0 Å². The predicted octanol–water partition coefficient (Wildman–Crippen LogP) is -1.10. The second-order valence-electron chi connectivity index (χ2n) is 3.35. The second-order valence-corrected chi connectivity index (χ2v) is 4.38. The fraction of sp³-hybridized carbons (Fsp3) is 0.556. The molecule has 1 atom stereocenters. The number of nitrogens with one attached hydrogen (secondary N) is 1. The smallest absolute Gasteiger partial charge is 0.416 e. The molecule has 0 aromatic rings. The standard InChI is InChI=1S/C9H12N2O6S/c12-5-10-6(8(14)15)3-18-4-7(13)11-1-2-17-9(11)16/h5-6H,1-4H2,(H,10,12)(H,14,15). The number of carboxylic acids is 1. The molecule has 3 amide bonds. The van der Waals surface area contributed by atoms with Gasteiger partial charge in [-0.1, -0.05) is 0 Å². The van der Waals surface area contributed by atoms with Crippen molar-refractivity contribution in [2.45, 2.75) is 6.04 Å². The zero-order valence-electron chi connectivity index (χ0n) is 9.33. The first-order valence-corrected chi connectivity index (χ1v) is 6.19. The van der Waals surface area contributed by atoms with E-state index in [-0.39, 0.29) is 24.7 Å². The summed E-state index contributed by atoms with van der Waals surface area (Å²) in [6.45, 7) is 0.396. The van der Waals surface area contributed by atoms with E-state index in [1.807, 2.05) is 0 Å². The van der Waals surface area contributed by atoms with Gasteiger partial charge in [-0.2, -0.15) is 0 Å². The molecule has 18 heavy (non-hydrogen) atoms. The second kappa shape index (κ2) is 6.84. The number of thioether (sulfide) groups is 1. The minimum Gasteiger partial charge on any atom is -0.480 e. The summed E-state index contributed by atoms with van der Waals surface area (Å²) in [6.07, 6.45) is -0.389. The molecular weight excluding hydrogens is 264 g/mol. The van der Waals surface area contributed by atoms with Crippen molar-refractivity contribution in [3.05, 3.63) is 0 Å². The topological polar surface area (TPSA) is 113 Å². The zero-order valence-corrected chi connectivity index (χ0v) is 10.1. The van der Waals surface area contributed by atoms with Crippen LogP contribution in [0.3, 0.4) is 0 Å². The highest BCUT2D eigenvalue weighted by atomic mass is 32.2. The molecule has 0 aromatic carbocycles. The Morgan fingerprint density at radius 2 is 2.33 bits per heavy atom. The lowest BCUT2D eigenvalue weighted by molar-refractivity contribution is -0.139. The van der Waals surface area contributed by atoms with Crippen LogP contribution in [0.15, 0.2) is 0 Å². The Balaban J connectivity index is 2.31. The van der Waals surface area contributed by atoms with Crippen LogP contribution in [0.2, 0.25) is 0 Å². The monoisotopic (exact) mass is 276 g/mol. The van der Waals surface area contributed by atoms with E-state index in [4.69, 9.17) is 5.11 Å². The lowest BCUT2D eigenvalue weighted by Gasteiger charge is -2.12. The predicted molar refractivity (Wildman–Crippen MR) is 61.0 cm³/mol. The Bertz CT molecular complexity index is 361. The fourth-order valence-electron chi connectivity index (χ4n) is 1.23. The Kier molecular flexibility index (Phi) is 5.43. The van der Waals surface area contributed by atoms with Crippen LogP contribution in [0, 0.1) is 0 Å². The van der Waals surface area contributed by atoms with E-state index in [9.17, 15) is 19.2 Å². The summed E-state index contributed by atoms with van der Waals surface area (Å²) < 4.78 is 4.59. The number of hydrogen-bond acceptors (Lipinski definition) is 6. The Labute approximate surface area is 107 Å². The molecule has 1 heterocycles. The van der Waals surface area contributed by atoms with Gasteiger partial charge in [-0.3, -0.25) is 9.59 Å². The first kappa shape index (κ1) is 14.3. The number of ether oxygens (including phenoxy) is 1. The van der Waals surface area contributed by atoms with Gasteiger partial charge in [-0.25, -0.2) is 14.5 Å². The Morgan fingerprint density at radius 1 is 1.61 bits per heavy atom. The van der Waals surface area contributed by atoms with Crippen LogP contribution in [0.4, 0.5) is 4.79 Å². The third-order valence-electron chi connectivity index (χ3n) is 2.14. The van der Waals surface area contributed by atoms with Crippen LogP contribution < -0.4 is 5.32 Å². The molecular formula is C9H12N2O6S. The molecule has 0 aliphatic carbocycles. The summed E-state index contributed by atoms with van der Waals surface area (Å²) in [4.78, 5) is 44.4. The molecule has 1 aliphatic rings. The third kappa shape index (κ3) is 3.91. The van der Waals surface area contributed by atoms with Gasteiger partial charge in [-0.05, 0) is 0 Å². The van der Waals surface area contributed by atoms with Gasteiger partial charge in [-0.15, -0.1) is 11.8 Å². The highest BCUT2D eigenvalue weighted by Gasteiger charge is 2.28. The van der Waals surface area contributed by atoms with Gasteiger partial charge in [0.1, 0.15) is 12.6 Å². The van der Waals surface area contributed by atoms with Gasteiger partial charge in [0.15, 0.2) is 0 Å². The normalized spacial score (nSPS) is 16.0. The summed E-state index contributed by atoms with van der Waals surface area (Å²) in [5, 5.41) is 10.8. The minimum atomic E-state index is -1.18. The highest BCUT2D eigenvalue weighted by Crippen LogP contribution is 2.09. The maximum absolute atomic E-state index is 11.5. The molecule has 0 spiro atoms. The number of imide groups is 1. The van der Waals surface area contributed by atoms with Gasteiger partial charge >= 0.3 is 12.1 Å². The van der Waals surface area contributed by atoms with E-state index in [1.54, 1.807) is 0 Å². The van der Waals surface area contributed by atoms with E-state index < -0.39 is 24.0 Å². The average Bonchev–Trinajstić information content (AvgIpc) is 2.74. The molecule has 1 aliphatic heterocycles. The molecule has 1 saturated heterocycles. The molecule has 1 unspecified atom stereocenters. The van der Waals surface area contributed by atoms with E-state index in [0.29, 0.717) is 6.41 Å². The molecule has 0 bridgehead atoms. The van der Waals surface area contributed by atoms with Crippen molar-refractivity contribution in [3.63, 3.8) is 0 Å². The van der Waals surface area contributed by atoms with Crippen molar-refractivity contribution in [3.8, 4) is 0 Å². The van der Waals surface area contributed by atoms with E-state index in [0.717, 1.165) is 16.7 Å². The molecule has 1 rings (SSSR count). The van der Waals surface area contributed by atoms with E-state index in [2.05, 4.69) is 10.1 Å². The summed E-state index contributed by atoms with van der Waals surface area (Å²) in [5.41, 5.74) is 0. The number of rotatable bonds is 7. The fourth-order valence-corrected chi connectivity index (χ4v) is 2.16. The average molecular weight is 276 g/mol. The number of nitrogens with zero attached hydrogens (tertiary/aromatic N) is 1. The Morgan fingerprint density at radius 3 is 2.83 bits per heavy atom. The number of aliphatic carboxylic acids is 1. The minimum absolute atomic E-state index is 0.0422. The molecule has 9 heteroatoms. The number of carboxylic acid groups (broad SMARTS) is 1. The van der Waals surface area contributed by atoms with Crippen molar-refractivity contribution in [1.29, 1.82) is 0 Å². The number of carbonyl (C=O) groups is 4. The van der Waals surface area contributed by atoms with Crippen LogP contribution in [0.25, 0.3) is 0 Å². The molecule has 100 valence electrons. The van der Waals surface area contributed by atoms with Crippen molar-refractivity contribution < 1.29 is 29.0 Å². The summed E-state index contributed by atoms with van der Waals surface area (Å²) in [7, 11) is 0. The summed E-state index contributed by atoms with van der Waals surface area (Å²) in [6, 6.07) is -1.05. The van der Waals surface area contributed by atoms with Crippen LogP contribution in [-0.2, 0) is 19.1 Å². The first-order valence-electron chi connectivity index (χ1n) is 5.03. The first-order chi connectivity index (χ1) is 8.56. The third-order valence-corrected chi connectivity index (χ3v) is 3.16. The van der Waals surface area contributed by atoms with Gasteiger partial charge in [0.2, 0.25) is 12.3 Å². The van der Waals surface area contributed by atoms with Crippen molar-refractivity contribution in [1.82, 2.24) is 10.2 Å². The largest absolute Gasteiger partial charge is 0.480 e.